The number of alkyl halides is 3. The molecule has 38 heavy (non-hydrogen) atoms. The Hall–Kier alpha value is -3.34. The summed E-state index contributed by atoms with van der Waals surface area (Å²) in [5.41, 5.74) is 0.992. The SMILES string of the molecule is CN(C)CCN(Cc1ncccc1C(F)(F)F)C(=O)CNc1cccc2c1CN(C(=O)OC(C)(C)C)CC2. The first-order valence-corrected chi connectivity index (χ1v) is 12.5. The predicted molar refractivity (Wildman–Crippen MR) is 138 cm³/mol. The van der Waals surface area contributed by atoms with Crippen LogP contribution in [0.1, 0.15) is 43.2 Å². The number of carbonyl (C=O) groups is 2. The number of hydrogen-bond donors (Lipinski definition) is 1. The normalized spacial score (nSPS) is 13.8. The molecule has 0 bridgehead atoms. The lowest BCUT2D eigenvalue weighted by Gasteiger charge is -2.32. The van der Waals surface area contributed by atoms with Gasteiger partial charge in [-0.15, -0.1) is 0 Å². The van der Waals surface area contributed by atoms with E-state index in [2.05, 4.69) is 10.3 Å². The van der Waals surface area contributed by atoms with Gasteiger partial charge in [-0.1, -0.05) is 12.1 Å². The zero-order chi connectivity index (χ0) is 28.1. The molecule has 1 aliphatic heterocycles. The van der Waals surface area contributed by atoms with Gasteiger partial charge in [-0.05, 0) is 70.6 Å². The number of ether oxygens (including phenoxy) is 1. The molecule has 0 saturated carbocycles. The molecule has 0 saturated heterocycles. The number of likely N-dealkylation sites (N-methyl/N-ethyl adjacent to an activating group) is 1. The summed E-state index contributed by atoms with van der Waals surface area (Å²) in [5.74, 6) is -0.358. The van der Waals surface area contributed by atoms with Gasteiger partial charge < -0.3 is 24.8 Å². The Morgan fingerprint density at radius 2 is 1.84 bits per heavy atom. The van der Waals surface area contributed by atoms with Crippen molar-refractivity contribution in [1.82, 2.24) is 19.7 Å². The Bertz CT molecular complexity index is 1130. The number of nitrogens with zero attached hydrogens (tertiary/aromatic N) is 4. The number of rotatable bonds is 8. The molecule has 2 amide bonds. The van der Waals surface area contributed by atoms with Crippen LogP contribution in [0.15, 0.2) is 36.5 Å². The number of benzene rings is 1. The average Bonchev–Trinajstić information content (AvgIpc) is 2.83. The molecule has 3 rings (SSSR count). The molecule has 2 heterocycles. The molecule has 1 N–H and O–H groups in total. The third-order valence-corrected chi connectivity index (χ3v) is 6.06. The lowest BCUT2D eigenvalue weighted by atomic mass is 9.98. The number of pyridine rings is 1. The monoisotopic (exact) mass is 535 g/mol. The zero-order valence-electron chi connectivity index (χ0n) is 22.6. The van der Waals surface area contributed by atoms with E-state index in [0.717, 1.165) is 17.2 Å². The smallest absolute Gasteiger partial charge is 0.418 e. The van der Waals surface area contributed by atoms with E-state index in [1.54, 1.807) is 4.90 Å². The van der Waals surface area contributed by atoms with Crippen LogP contribution in [0.3, 0.4) is 0 Å². The van der Waals surface area contributed by atoms with E-state index in [4.69, 9.17) is 4.74 Å². The highest BCUT2D eigenvalue weighted by atomic mass is 19.4. The largest absolute Gasteiger partial charge is 0.444 e. The number of aromatic nitrogens is 1. The molecule has 0 fully saturated rings. The van der Waals surface area contributed by atoms with Crippen LogP contribution in [0.5, 0.6) is 0 Å². The van der Waals surface area contributed by atoms with Gasteiger partial charge in [0, 0.05) is 31.5 Å². The van der Waals surface area contributed by atoms with Crippen LogP contribution in [-0.4, -0.2) is 77.6 Å². The van der Waals surface area contributed by atoms with E-state index in [1.807, 2.05) is 58.0 Å². The van der Waals surface area contributed by atoms with Crippen LogP contribution >= 0.6 is 0 Å². The Balaban J connectivity index is 1.75. The first-order valence-electron chi connectivity index (χ1n) is 12.5. The minimum atomic E-state index is -4.57. The Morgan fingerprint density at radius 1 is 1.11 bits per heavy atom. The molecule has 0 spiro atoms. The molecular formula is C27H36F3N5O3. The van der Waals surface area contributed by atoms with Gasteiger partial charge in [0.2, 0.25) is 5.91 Å². The lowest BCUT2D eigenvalue weighted by Crippen LogP contribution is -2.41. The first-order chi connectivity index (χ1) is 17.7. The average molecular weight is 536 g/mol. The fraction of sp³-hybridized carbons (Fsp3) is 0.519. The molecule has 1 aromatic heterocycles. The summed E-state index contributed by atoms with van der Waals surface area (Å²) in [6.45, 7) is 6.62. The lowest BCUT2D eigenvalue weighted by molar-refractivity contribution is -0.140. The fourth-order valence-corrected chi connectivity index (χ4v) is 4.13. The Kier molecular flexibility index (Phi) is 9.24. The number of carbonyl (C=O) groups excluding carboxylic acids is 2. The van der Waals surface area contributed by atoms with E-state index >= 15 is 0 Å². The molecule has 208 valence electrons. The first kappa shape index (κ1) is 29.2. The quantitative estimate of drug-likeness (QED) is 0.540. The van der Waals surface area contributed by atoms with Crippen LogP contribution in [0, 0.1) is 0 Å². The summed E-state index contributed by atoms with van der Waals surface area (Å²) in [6, 6.07) is 7.90. The summed E-state index contributed by atoms with van der Waals surface area (Å²) in [4.78, 5) is 34.7. The summed E-state index contributed by atoms with van der Waals surface area (Å²) >= 11 is 0. The van der Waals surface area contributed by atoms with E-state index in [0.29, 0.717) is 31.7 Å². The molecule has 0 atom stereocenters. The molecule has 0 radical (unpaired) electrons. The van der Waals surface area contributed by atoms with Crippen molar-refractivity contribution in [2.45, 2.75) is 52.1 Å². The van der Waals surface area contributed by atoms with E-state index in [9.17, 15) is 22.8 Å². The van der Waals surface area contributed by atoms with Gasteiger partial charge in [0.1, 0.15) is 5.60 Å². The highest BCUT2D eigenvalue weighted by molar-refractivity contribution is 5.81. The molecule has 1 aromatic carbocycles. The number of fused-ring (bicyclic) bond motifs is 1. The number of anilines is 1. The molecule has 2 aromatic rings. The van der Waals surface area contributed by atoms with Gasteiger partial charge in [-0.3, -0.25) is 9.78 Å². The molecule has 1 aliphatic rings. The van der Waals surface area contributed by atoms with Crippen molar-refractivity contribution in [2.75, 3.05) is 45.6 Å². The van der Waals surface area contributed by atoms with Crippen LogP contribution in [0.2, 0.25) is 0 Å². The van der Waals surface area contributed by atoms with Crippen molar-refractivity contribution in [1.29, 1.82) is 0 Å². The standard InChI is InChI=1S/C27H36F3N5O3/c1-26(2,3)38-25(37)35-13-11-19-8-6-10-22(20(19)17-35)32-16-24(36)34(15-14-33(4)5)18-23-21(27(28,29)30)9-7-12-31-23/h6-10,12,32H,11,13-18H2,1-5H3. The van der Waals surface area contributed by atoms with E-state index in [-0.39, 0.29) is 31.2 Å². The van der Waals surface area contributed by atoms with Crippen LogP contribution in [0.4, 0.5) is 23.7 Å². The van der Waals surface area contributed by atoms with Gasteiger partial charge >= 0.3 is 12.3 Å². The Labute approximate surface area is 221 Å². The zero-order valence-corrected chi connectivity index (χ0v) is 22.6. The topological polar surface area (TPSA) is 78.0 Å². The molecule has 0 unspecified atom stereocenters. The Morgan fingerprint density at radius 3 is 2.50 bits per heavy atom. The second-order valence-corrected chi connectivity index (χ2v) is 10.6. The number of nitrogens with one attached hydrogen (secondary N) is 1. The minimum absolute atomic E-state index is 0.121. The van der Waals surface area contributed by atoms with Crippen molar-refractivity contribution in [3.63, 3.8) is 0 Å². The summed E-state index contributed by atoms with van der Waals surface area (Å²) < 4.78 is 46.1. The van der Waals surface area contributed by atoms with Crippen molar-refractivity contribution in [2.24, 2.45) is 0 Å². The molecule has 8 nitrogen and oxygen atoms in total. The van der Waals surface area contributed by atoms with Gasteiger partial charge in [-0.25, -0.2) is 4.79 Å². The van der Waals surface area contributed by atoms with Crippen molar-refractivity contribution in [3.05, 3.63) is 58.9 Å². The van der Waals surface area contributed by atoms with Crippen LogP contribution < -0.4 is 5.32 Å². The second-order valence-electron chi connectivity index (χ2n) is 10.6. The van der Waals surface area contributed by atoms with Crippen molar-refractivity contribution >= 4 is 17.7 Å². The van der Waals surface area contributed by atoms with Gasteiger partial charge in [-0.2, -0.15) is 13.2 Å². The predicted octanol–water partition coefficient (Wildman–Crippen LogP) is 4.40. The number of hydrogen-bond acceptors (Lipinski definition) is 6. The maximum absolute atomic E-state index is 13.5. The van der Waals surface area contributed by atoms with Crippen molar-refractivity contribution < 1.29 is 27.5 Å². The summed E-state index contributed by atoms with van der Waals surface area (Å²) in [7, 11) is 3.66. The van der Waals surface area contributed by atoms with Gasteiger partial charge in [0.15, 0.2) is 0 Å². The number of amides is 2. The van der Waals surface area contributed by atoms with Gasteiger partial charge in [0.05, 0.1) is 30.9 Å². The highest BCUT2D eigenvalue weighted by Gasteiger charge is 2.34. The maximum Gasteiger partial charge on any atom is 0.418 e. The minimum Gasteiger partial charge on any atom is -0.444 e. The molecular weight excluding hydrogens is 499 g/mol. The van der Waals surface area contributed by atoms with Crippen LogP contribution in [-0.2, 0) is 35.2 Å². The van der Waals surface area contributed by atoms with Crippen LogP contribution in [0.25, 0.3) is 0 Å². The summed E-state index contributed by atoms with van der Waals surface area (Å²) in [5, 5.41) is 3.15. The number of halogens is 3. The van der Waals surface area contributed by atoms with Gasteiger partial charge in [0.25, 0.3) is 0 Å². The third kappa shape index (κ3) is 8.08. The van der Waals surface area contributed by atoms with E-state index < -0.39 is 23.4 Å². The summed E-state index contributed by atoms with van der Waals surface area (Å²) in [6.07, 6.45) is -3.03. The third-order valence-electron chi connectivity index (χ3n) is 6.06. The molecule has 11 heteroatoms. The fourth-order valence-electron chi connectivity index (χ4n) is 4.13. The molecule has 0 aliphatic carbocycles. The second kappa shape index (κ2) is 12.0. The maximum atomic E-state index is 13.5. The van der Waals surface area contributed by atoms with E-state index in [1.165, 1.54) is 17.2 Å². The van der Waals surface area contributed by atoms with Crippen molar-refractivity contribution in [3.8, 4) is 0 Å². The highest BCUT2D eigenvalue weighted by Crippen LogP contribution is 2.32.